The van der Waals surface area contributed by atoms with Crippen LogP contribution in [0.25, 0.3) is 5.82 Å². The van der Waals surface area contributed by atoms with Crippen LogP contribution in [0.1, 0.15) is 21.9 Å². The van der Waals surface area contributed by atoms with Gasteiger partial charge in [0.2, 0.25) is 11.6 Å². The molecular formula is C14H13N7O4. The monoisotopic (exact) mass is 343 g/mol. The Balaban J connectivity index is 1.94. The van der Waals surface area contributed by atoms with Gasteiger partial charge in [0, 0.05) is 5.69 Å². The molecule has 0 unspecified atom stereocenters. The first kappa shape index (κ1) is 16.1. The Morgan fingerprint density at radius 1 is 1.36 bits per heavy atom. The number of hydrazine groups is 1. The first-order valence-electron chi connectivity index (χ1n) is 7.10. The first-order valence-corrected chi connectivity index (χ1v) is 7.10. The molecule has 25 heavy (non-hydrogen) atoms. The van der Waals surface area contributed by atoms with Gasteiger partial charge in [0.15, 0.2) is 5.76 Å². The topological polar surface area (TPSA) is 141 Å². The summed E-state index contributed by atoms with van der Waals surface area (Å²) >= 11 is 0. The third kappa shape index (κ3) is 3.15. The summed E-state index contributed by atoms with van der Waals surface area (Å²) in [6, 6.07) is 4.76. The number of anilines is 1. The van der Waals surface area contributed by atoms with Crippen molar-refractivity contribution in [2.45, 2.75) is 13.8 Å². The van der Waals surface area contributed by atoms with Gasteiger partial charge in [-0.05, 0) is 32.0 Å². The Morgan fingerprint density at radius 2 is 2.16 bits per heavy atom. The number of nitrogens with zero attached hydrogens (tertiary/aromatic N) is 5. The van der Waals surface area contributed by atoms with E-state index in [-0.39, 0.29) is 17.4 Å². The van der Waals surface area contributed by atoms with Crippen molar-refractivity contribution in [1.82, 2.24) is 25.2 Å². The van der Waals surface area contributed by atoms with Crippen molar-refractivity contribution in [1.29, 1.82) is 0 Å². The molecule has 11 nitrogen and oxygen atoms in total. The number of carbonyl (C=O) groups excluding carboxylic acids is 1. The molecule has 0 radical (unpaired) electrons. The van der Waals surface area contributed by atoms with E-state index in [1.165, 1.54) is 17.0 Å². The third-order valence-corrected chi connectivity index (χ3v) is 3.24. The van der Waals surface area contributed by atoms with Gasteiger partial charge in [0.1, 0.15) is 6.33 Å². The second-order valence-corrected chi connectivity index (χ2v) is 5.05. The van der Waals surface area contributed by atoms with Gasteiger partial charge < -0.3 is 4.42 Å². The molecule has 0 saturated carbocycles. The highest BCUT2D eigenvalue weighted by Gasteiger charge is 2.26. The fraction of sp³-hybridized carbons (Fsp3) is 0.143. The number of nitrogens with one attached hydrogen (secondary N) is 2. The van der Waals surface area contributed by atoms with Gasteiger partial charge in [0.25, 0.3) is 0 Å². The van der Waals surface area contributed by atoms with E-state index in [0.29, 0.717) is 11.4 Å². The number of rotatable bonds is 5. The van der Waals surface area contributed by atoms with Gasteiger partial charge in [-0.25, -0.2) is 14.6 Å². The number of hydrogen-bond acceptors (Lipinski definition) is 8. The smallest absolute Gasteiger partial charge is 0.357 e. The Kier molecular flexibility index (Phi) is 4.12. The fourth-order valence-corrected chi connectivity index (χ4v) is 2.21. The molecule has 0 saturated heterocycles. The summed E-state index contributed by atoms with van der Waals surface area (Å²) in [6.07, 6.45) is 2.48. The maximum absolute atomic E-state index is 11.9. The van der Waals surface area contributed by atoms with E-state index < -0.39 is 16.5 Å². The molecule has 3 aromatic heterocycles. The lowest BCUT2D eigenvalue weighted by Gasteiger charge is -2.09. The van der Waals surface area contributed by atoms with Crippen LogP contribution >= 0.6 is 0 Å². The lowest BCUT2D eigenvalue weighted by atomic mass is 10.4. The van der Waals surface area contributed by atoms with E-state index in [1.54, 1.807) is 26.0 Å². The van der Waals surface area contributed by atoms with Gasteiger partial charge in [-0.1, -0.05) is 0 Å². The molecule has 1 amide bonds. The molecule has 3 heterocycles. The number of hydrogen-bond donors (Lipinski definition) is 2. The van der Waals surface area contributed by atoms with E-state index >= 15 is 0 Å². The van der Waals surface area contributed by atoms with Crippen molar-refractivity contribution in [3.05, 3.63) is 58.1 Å². The Morgan fingerprint density at radius 3 is 2.76 bits per heavy atom. The van der Waals surface area contributed by atoms with Crippen LogP contribution in [0.2, 0.25) is 0 Å². The molecule has 0 spiro atoms. The summed E-state index contributed by atoms with van der Waals surface area (Å²) in [5.41, 5.74) is 5.65. The van der Waals surface area contributed by atoms with Crippen LogP contribution in [0.15, 0.2) is 35.2 Å². The van der Waals surface area contributed by atoms with Crippen LogP contribution in [0.5, 0.6) is 0 Å². The Labute approximate surface area is 140 Å². The van der Waals surface area contributed by atoms with Gasteiger partial charge in [-0.2, -0.15) is 5.10 Å². The van der Waals surface area contributed by atoms with E-state index in [4.69, 9.17) is 4.42 Å². The van der Waals surface area contributed by atoms with Crippen LogP contribution in [0.4, 0.5) is 11.5 Å². The number of furan rings is 1. The van der Waals surface area contributed by atoms with Crippen molar-refractivity contribution in [3.8, 4) is 5.82 Å². The molecule has 0 atom stereocenters. The number of aromatic nitrogens is 4. The average molecular weight is 343 g/mol. The van der Waals surface area contributed by atoms with Crippen LogP contribution in [0.3, 0.4) is 0 Å². The van der Waals surface area contributed by atoms with Crippen molar-refractivity contribution in [2.24, 2.45) is 0 Å². The zero-order valence-electron chi connectivity index (χ0n) is 13.3. The minimum absolute atomic E-state index is 0.0136. The first-order chi connectivity index (χ1) is 12.0. The molecule has 128 valence electrons. The summed E-state index contributed by atoms with van der Waals surface area (Å²) in [5.74, 6) is -0.753. The predicted octanol–water partition coefficient (Wildman–Crippen LogP) is 1.54. The highest BCUT2D eigenvalue weighted by Crippen LogP contribution is 2.27. The van der Waals surface area contributed by atoms with Gasteiger partial charge in [-0.3, -0.25) is 25.8 Å². The highest BCUT2D eigenvalue weighted by molar-refractivity contribution is 5.92. The van der Waals surface area contributed by atoms with Gasteiger partial charge in [-0.15, -0.1) is 0 Å². The molecule has 3 rings (SSSR count). The second kappa shape index (κ2) is 6.39. The average Bonchev–Trinajstić information content (AvgIpc) is 3.21. The minimum Gasteiger partial charge on any atom is -0.459 e. The second-order valence-electron chi connectivity index (χ2n) is 5.05. The standard InChI is InChI=1S/C14H13N7O4/c1-8-6-9(2)20(19-8)13-11(21(23)24)12(15-7-16-13)17-18-14(22)10-4-3-5-25-10/h3-7H,1-2H3,(H,18,22)(H,15,16,17). The number of nitro groups is 1. The highest BCUT2D eigenvalue weighted by atomic mass is 16.6. The summed E-state index contributed by atoms with van der Waals surface area (Å²) in [4.78, 5) is 30.5. The summed E-state index contributed by atoms with van der Waals surface area (Å²) in [7, 11) is 0. The molecule has 0 fully saturated rings. The number of amides is 1. The van der Waals surface area contributed by atoms with Crippen molar-refractivity contribution in [2.75, 3.05) is 5.43 Å². The summed E-state index contributed by atoms with van der Waals surface area (Å²) in [6.45, 7) is 3.51. The van der Waals surface area contributed by atoms with E-state index in [9.17, 15) is 14.9 Å². The molecule has 2 N–H and O–H groups in total. The molecular weight excluding hydrogens is 330 g/mol. The van der Waals surface area contributed by atoms with Crippen molar-refractivity contribution < 1.29 is 14.1 Å². The molecule has 0 aliphatic rings. The van der Waals surface area contributed by atoms with Crippen molar-refractivity contribution >= 4 is 17.4 Å². The Hall–Kier alpha value is -3.76. The normalized spacial score (nSPS) is 10.5. The quantitative estimate of drug-likeness (QED) is 0.525. The molecule has 3 aromatic rings. The molecule has 0 bridgehead atoms. The molecule has 0 aliphatic carbocycles. The summed E-state index contributed by atoms with van der Waals surface area (Å²) in [5, 5.41) is 15.7. The van der Waals surface area contributed by atoms with Crippen molar-refractivity contribution in [3.63, 3.8) is 0 Å². The molecule has 11 heteroatoms. The zero-order valence-corrected chi connectivity index (χ0v) is 13.3. The fourth-order valence-electron chi connectivity index (χ4n) is 2.21. The lowest BCUT2D eigenvalue weighted by Crippen LogP contribution is -2.30. The minimum atomic E-state index is -0.646. The van der Waals surface area contributed by atoms with Gasteiger partial charge >= 0.3 is 11.6 Å². The van der Waals surface area contributed by atoms with Crippen LogP contribution < -0.4 is 10.9 Å². The maximum Gasteiger partial charge on any atom is 0.357 e. The summed E-state index contributed by atoms with van der Waals surface area (Å²) < 4.78 is 6.28. The number of aryl methyl sites for hydroxylation is 2. The predicted molar refractivity (Wildman–Crippen MR) is 85.1 cm³/mol. The Bertz CT molecular complexity index is 933. The van der Waals surface area contributed by atoms with Gasteiger partial charge in [0.05, 0.1) is 16.9 Å². The third-order valence-electron chi connectivity index (χ3n) is 3.24. The van der Waals surface area contributed by atoms with E-state index in [2.05, 4.69) is 25.9 Å². The maximum atomic E-state index is 11.9. The van der Waals surface area contributed by atoms with Crippen LogP contribution in [-0.2, 0) is 0 Å². The SMILES string of the molecule is Cc1cc(C)n(-c2ncnc(NNC(=O)c3ccco3)c2[N+](=O)[O-])n1. The van der Waals surface area contributed by atoms with E-state index in [0.717, 1.165) is 6.33 Å². The van der Waals surface area contributed by atoms with Crippen LogP contribution in [0, 0.1) is 24.0 Å². The van der Waals surface area contributed by atoms with Crippen LogP contribution in [-0.4, -0.2) is 30.6 Å². The molecule has 0 aliphatic heterocycles. The zero-order chi connectivity index (χ0) is 18.0. The largest absolute Gasteiger partial charge is 0.459 e. The lowest BCUT2D eigenvalue weighted by molar-refractivity contribution is -0.384. The number of carbonyl (C=O) groups is 1. The molecule has 0 aromatic carbocycles. The van der Waals surface area contributed by atoms with E-state index in [1.807, 2.05) is 0 Å².